The average Bonchev–Trinajstić information content (AvgIpc) is 3.49. The summed E-state index contributed by atoms with van der Waals surface area (Å²) in [6.45, 7) is 21.5. The summed E-state index contributed by atoms with van der Waals surface area (Å²) in [6, 6.07) is 21.3. The lowest BCUT2D eigenvalue weighted by atomic mass is 9.76. The molecule has 5 heteroatoms. The number of hydrogen-bond acceptors (Lipinski definition) is 2. The molecule has 2 aromatic carbocycles. The molecule has 0 N–H and O–H groups in total. The van der Waals surface area contributed by atoms with Crippen LogP contribution < -0.4 is 14.3 Å². The molecule has 0 spiro atoms. The predicted octanol–water partition coefficient (Wildman–Crippen LogP) is 10.2. The van der Waals surface area contributed by atoms with Crippen molar-refractivity contribution in [1.82, 2.24) is 4.98 Å². The highest BCUT2D eigenvalue weighted by molar-refractivity contribution is 6.89. The second kappa shape index (κ2) is 11.8. The lowest BCUT2D eigenvalue weighted by Crippen LogP contribution is -2.54. The number of nitrogens with zero attached hydrogens (tertiary/aromatic N) is 3. The maximum atomic E-state index is 6.89. The molecule has 0 amide bonds. The molecule has 0 saturated carbocycles. The van der Waals surface area contributed by atoms with Crippen LogP contribution in [0.2, 0.25) is 19.6 Å². The van der Waals surface area contributed by atoms with Gasteiger partial charge in [0, 0.05) is 50.8 Å². The molecule has 6 heterocycles. The Kier molecular flexibility index (Phi) is 7.56. The number of rotatable bonds is 2. The first kappa shape index (κ1) is 32.5. The van der Waals surface area contributed by atoms with Crippen molar-refractivity contribution in [1.29, 1.82) is 0 Å². The van der Waals surface area contributed by atoms with Gasteiger partial charge in [0.1, 0.15) is 0 Å². The van der Waals surface area contributed by atoms with Crippen LogP contribution in [-0.4, -0.2) is 13.1 Å². The molecule has 2 aliphatic heterocycles. The van der Waals surface area contributed by atoms with Crippen LogP contribution in [0.5, 0.6) is 0 Å². The van der Waals surface area contributed by atoms with Gasteiger partial charge in [-0.15, -0.1) is 0 Å². The van der Waals surface area contributed by atoms with E-state index in [-0.39, 0.29) is 6.04 Å². The fourth-order valence-electron chi connectivity index (χ4n) is 9.82. The van der Waals surface area contributed by atoms with Gasteiger partial charge >= 0.3 is 0 Å². The van der Waals surface area contributed by atoms with Crippen molar-refractivity contribution in [3.8, 4) is 22.5 Å². The summed E-state index contributed by atoms with van der Waals surface area (Å²) in [5.41, 5.74) is 17.7. The molecule has 1 aliphatic carbocycles. The zero-order valence-electron chi connectivity index (χ0n) is 31.5. The number of allylic oxidation sites excluding steroid dienone is 1. The maximum absolute atomic E-state index is 6.89. The van der Waals surface area contributed by atoms with E-state index >= 15 is 0 Å². The minimum Gasteiger partial charge on any atom is -0.437 e. The topological polar surface area (TPSA) is 33.8 Å². The quantitative estimate of drug-likeness (QED) is 0.134. The van der Waals surface area contributed by atoms with Crippen LogP contribution in [0.3, 0.4) is 0 Å². The van der Waals surface area contributed by atoms with Gasteiger partial charge in [-0.3, -0.25) is 0 Å². The van der Waals surface area contributed by atoms with Gasteiger partial charge in [0.15, 0.2) is 29.7 Å². The first-order valence-electron chi connectivity index (χ1n) is 19.3. The normalized spacial score (nSPS) is 18.5. The first-order chi connectivity index (χ1) is 24.5. The van der Waals surface area contributed by atoms with E-state index in [0.29, 0.717) is 11.8 Å². The largest absolute Gasteiger partial charge is 0.437 e. The van der Waals surface area contributed by atoms with Crippen molar-refractivity contribution >= 4 is 41.0 Å². The zero-order valence-corrected chi connectivity index (χ0v) is 32.5. The summed E-state index contributed by atoms with van der Waals surface area (Å²) in [5.74, 6) is 0.822. The zero-order chi connectivity index (χ0) is 35.3. The van der Waals surface area contributed by atoms with Crippen LogP contribution in [0, 0.1) is 13.8 Å². The molecule has 3 aliphatic rings. The molecule has 2 atom stereocenters. The summed E-state index contributed by atoms with van der Waals surface area (Å²) >= 11 is 0. The van der Waals surface area contributed by atoms with Crippen molar-refractivity contribution in [2.75, 3.05) is 0 Å². The lowest BCUT2D eigenvalue weighted by molar-refractivity contribution is -0.719. The predicted molar refractivity (Wildman–Crippen MR) is 212 cm³/mol. The standard InChI is InChI=1S/C46H51N3OSi/c1-27(2)38-25-40-35-16-12-11-15-34(35)36-20-18-32-23-28(3)42-37-19-17-29(4)47-46(37)50-45(42)43(32)44-33-14-10-9-13-31(33)21-22-48(44)30(5)24-39(36)49(40)26-41(38)51(6,7)8/h11-12,15-17,19,21-23,25-27,36,39H,5,9-10,13-14,18,20,24H2,1-4,6-8H3/q+2. The van der Waals surface area contributed by atoms with Gasteiger partial charge in [0.25, 0.3) is 0 Å². The Labute approximate surface area is 303 Å². The summed E-state index contributed by atoms with van der Waals surface area (Å²) < 4.78 is 12.1. The van der Waals surface area contributed by atoms with Crippen molar-refractivity contribution < 1.29 is 13.6 Å². The third-order valence-electron chi connectivity index (χ3n) is 12.3. The number of benzene rings is 2. The molecule has 0 bridgehead atoms. The fraction of sp³-hybridized carbons (Fsp3) is 0.370. The van der Waals surface area contributed by atoms with Crippen molar-refractivity contribution in [3.63, 3.8) is 0 Å². The molecular weight excluding hydrogens is 639 g/mol. The van der Waals surface area contributed by atoms with Crippen molar-refractivity contribution in [3.05, 3.63) is 113 Å². The second-order valence-corrected chi connectivity index (χ2v) is 22.0. The van der Waals surface area contributed by atoms with E-state index in [9.17, 15) is 0 Å². The molecule has 258 valence electrons. The summed E-state index contributed by atoms with van der Waals surface area (Å²) in [5, 5.41) is 3.89. The number of fused-ring (bicyclic) bond motifs is 15. The number of aryl methyl sites for hydroxylation is 4. The van der Waals surface area contributed by atoms with Gasteiger partial charge < -0.3 is 4.42 Å². The molecule has 51 heavy (non-hydrogen) atoms. The van der Waals surface area contributed by atoms with E-state index in [0.717, 1.165) is 60.2 Å². The first-order valence-corrected chi connectivity index (χ1v) is 22.8. The highest BCUT2D eigenvalue weighted by Gasteiger charge is 2.45. The van der Waals surface area contributed by atoms with E-state index < -0.39 is 8.07 Å². The number of hydrogen-bond donors (Lipinski definition) is 0. The van der Waals surface area contributed by atoms with E-state index in [1.807, 2.05) is 6.92 Å². The molecule has 4 nitrogen and oxygen atoms in total. The van der Waals surface area contributed by atoms with E-state index in [1.165, 1.54) is 74.1 Å². The monoisotopic (exact) mass is 689 g/mol. The second-order valence-electron chi connectivity index (χ2n) is 17.0. The minimum atomic E-state index is -1.64. The van der Waals surface area contributed by atoms with Crippen molar-refractivity contribution in [2.45, 2.75) is 110 Å². The van der Waals surface area contributed by atoms with E-state index in [2.05, 4.69) is 117 Å². The molecule has 0 fully saturated rings. The van der Waals surface area contributed by atoms with Crippen LogP contribution in [0.1, 0.15) is 96.5 Å². The molecular formula is C46H51N3OSi+2. The lowest BCUT2D eigenvalue weighted by Gasteiger charge is -2.33. The molecule has 6 aromatic rings. The van der Waals surface area contributed by atoms with Crippen LogP contribution in [0.15, 0.2) is 78.0 Å². The third kappa shape index (κ3) is 5.09. The smallest absolute Gasteiger partial charge is 0.227 e. The van der Waals surface area contributed by atoms with Gasteiger partial charge in [-0.05, 0) is 111 Å². The van der Waals surface area contributed by atoms with Crippen LogP contribution >= 0.6 is 0 Å². The molecule has 9 rings (SSSR count). The fourth-order valence-corrected chi connectivity index (χ4v) is 11.6. The molecule has 2 unspecified atom stereocenters. The van der Waals surface area contributed by atoms with Gasteiger partial charge in [-0.2, -0.15) is 9.13 Å². The Morgan fingerprint density at radius 1 is 0.941 bits per heavy atom. The number of furan rings is 1. The van der Waals surface area contributed by atoms with E-state index in [1.54, 1.807) is 5.19 Å². The third-order valence-corrected chi connectivity index (χ3v) is 14.3. The van der Waals surface area contributed by atoms with Gasteiger partial charge in [0.05, 0.1) is 20.1 Å². The number of aromatic nitrogens is 3. The van der Waals surface area contributed by atoms with Gasteiger partial charge in [0.2, 0.25) is 17.1 Å². The Hall–Kier alpha value is -4.35. The number of pyridine rings is 3. The van der Waals surface area contributed by atoms with E-state index in [4.69, 9.17) is 16.0 Å². The Balaban J connectivity index is 1.33. The molecule has 4 aromatic heterocycles. The van der Waals surface area contributed by atoms with Crippen LogP contribution in [-0.2, 0) is 19.3 Å². The summed E-state index contributed by atoms with van der Waals surface area (Å²) in [6.07, 6.45) is 12.5. The van der Waals surface area contributed by atoms with Crippen LogP contribution in [0.4, 0.5) is 0 Å². The average molecular weight is 690 g/mol. The SMILES string of the molecule is C=C1CC2C(CCc3cc(C)c4c(oc5nc(C)ccc54)c3-c3c4c(cc[n+]31)CCCC4)c1ccccc1-c1cc(C(C)C)c([Si](C)(C)C)c[n+]12. The Morgan fingerprint density at radius 2 is 1.75 bits per heavy atom. The van der Waals surface area contributed by atoms with Crippen molar-refractivity contribution in [2.24, 2.45) is 0 Å². The highest BCUT2D eigenvalue weighted by Crippen LogP contribution is 2.47. The molecule has 0 saturated heterocycles. The Bertz CT molecular complexity index is 2430. The van der Waals surface area contributed by atoms with Crippen LogP contribution in [0.25, 0.3) is 50.3 Å². The van der Waals surface area contributed by atoms with Gasteiger partial charge in [-0.25, -0.2) is 4.98 Å². The van der Waals surface area contributed by atoms with Gasteiger partial charge in [-0.1, -0.05) is 57.8 Å². The maximum Gasteiger partial charge on any atom is 0.227 e. The minimum absolute atomic E-state index is 0.264. The molecule has 0 radical (unpaired) electrons. The summed E-state index contributed by atoms with van der Waals surface area (Å²) in [7, 11) is -1.64. The summed E-state index contributed by atoms with van der Waals surface area (Å²) in [4.78, 5) is 4.89. The highest BCUT2D eigenvalue weighted by atomic mass is 28.3. The Morgan fingerprint density at radius 3 is 2.55 bits per heavy atom.